The van der Waals surface area contributed by atoms with Gasteiger partial charge in [0.15, 0.2) is 0 Å². The Bertz CT molecular complexity index is 374. The minimum atomic E-state index is -0.818. The van der Waals surface area contributed by atoms with Crippen LogP contribution in [0.1, 0.15) is 11.1 Å². The third-order valence-corrected chi connectivity index (χ3v) is 2.95. The predicted molar refractivity (Wildman–Crippen MR) is 60.8 cm³/mol. The van der Waals surface area contributed by atoms with Crippen molar-refractivity contribution in [1.82, 2.24) is 0 Å². The van der Waals surface area contributed by atoms with Crippen molar-refractivity contribution in [3.8, 4) is 5.75 Å². The highest BCUT2D eigenvalue weighted by molar-refractivity contribution is 8.00. The summed E-state index contributed by atoms with van der Waals surface area (Å²) < 4.78 is 5.25. The number of rotatable bonds is 4. The smallest absolute Gasteiger partial charge is 0.313 e. The lowest BCUT2D eigenvalue weighted by Crippen LogP contribution is -1.99. The first-order valence-corrected chi connectivity index (χ1v) is 5.53. The van der Waals surface area contributed by atoms with E-state index >= 15 is 0 Å². The molecule has 0 unspecified atom stereocenters. The number of benzene rings is 1. The summed E-state index contributed by atoms with van der Waals surface area (Å²) in [6.45, 7) is 3.94. The lowest BCUT2D eigenvalue weighted by molar-refractivity contribution is -0.133. The molecule has 0 aliphatic rings. The number of ether oxygens (including phenoxy) is 1. The molecule has 0 atom stereocenters. The summed E-state index contributed by atoms with van der Waals surface area (Å²) in [7, 11) is 1.60. The van der Waals surface area contributed by atoms with E-state index in [2.05, 4.69) is 0 Å². The quantitative estimate of drug-likeness (QED) is 0.801. The minimum Gasteiger partial charge on any atom is -0.495 e. The van der Waals surface area contributed by atoms with Gasteiger partial charge in [0, 0.05) is 0 Å². The maximum Gasteiger partial charge on any atom is 0.313 e. The van der Waals surface area contributed by atoms with Crippen LogP contribution in [-0.4, -0.2) is 23.9 Å². The molecular weight excluding hydrogens is 212 g/mol. The van der Waals surface area contributed by atoms with Crippen LogP contribution in [0.4, 0.5) is 0 Å². The second-order valence-corrected chi connectivity index (χ2v) is 4.31. The Hall–Kier alpha value is -1.16. The number of aliphatic carboxylic acids is 1. The molecule has 0 saturated heterocycles. The summed E-state index contributed by atoms with van der Waals surface area (Å²) in [6.07, 6.45) is 0. The van der Waals surface area contributed by atoms with E-state index < -0.39 is 5.97 Å². The molecule has 0 radical (unpaired) electrons. The minimum absolute atomic E-state index is 0.0548. The molecule has 15 heavy (non-hydrogen) atoms. The number of thioether (sulfide) groups is 1. The molecule has 0 aromatic heterocycles. The number of aryl methyl sites for hydroxylation is 2. The van der Waals surface area contributed by atoms with Crippen molar-refractivity contribution in [2.24, 2.45) is 0 Å². The molecule has 0 heterocycles. The van der Waals surface area contributed by atoms with Gasteiger partial charge < -0.3 is 9.84 Å². The molecular formula is C11H14O3S. The number of hydrogen-bond donors (Lipinski definition) is 1. The topological polar surface area (TPSA) is 46.5 Å². The summed E-state index contributed by atoms with van der Waals surface area (Å²) in [5, 5.41) is 8.62. The third-order valence-electron chi connectivity index (χ3n) is 1.94. The van der Waals surface area contributed by atoms with Gasteiger partial charge in [-0.25, -0.2) is 0 Å². The van der Waals surface area contributed by atoms with Crippen molar-refractivity contribution in [2.45, 2.75) is 18.7 Å². The van der Waals surface area contributed by atoms with E-state index in [1.165, 1.54) is 11.8 Å². The van der Waals surface area contributed by atoms with Gasteiger partial charge in [-0.3, -0.25) is 4.79 Å². The molecule has 1 rings (SSSR count). The van der Waals surface area contributed by atoms with Gasteiger partial charge in [-0.1, -0.05) is 6.07 Å². The van der Waals surface area contributed by atoms with Crippen LogP contribution in [-0.2, 0) is 4.79 Å². The fourth-order valence-corrected chi connectivity index (χ4v) is 2.35. The van der Waals surface area contributed by atoms with Gasteiger partial charge in [-0.2, -0.15) is 0 Å². The largest absolute Gasteiger partial charge is 0.495 e. The molecule has 0 aliphatic carbocycles. The molecule has 0 fully saturated rings. The zero-order valence-corrected chi connectivity index (χ0v) is 9.85. The zero-order chi connectivity index (χ0) is 11.4. The first-order chi connectivity index (χ1) is 7.04. The van der Waals surface area contributed by atoms with Crippen molar-refractivity contribution >= 4 is 17.7 Å². The highest BCUT2D eigenvalue weighted by Gasteiger charge is 2.09. The van der Waals surface area contributed by atoms with Gasteiger partial charge in [0.2, 0.25) is 0 Å². The molecule has 0 amide bonds. The Morgan fingerprint density at radius 3 is 2.67 bits per heavy atom. The van der Waals surface area contributed by atoms with Crippen LogP contribution in [0, 0.1) is 13.8 Å². The Kier molecular flexibility index (Phi) is 4.03. The second-order valence-electron chi connectivity index (χ2n) is 3.30. The number of methoxy groups -OCH3 is 1. The molecule has 4 heteroatoms. The molecule has 1 aromatic rings. The average Bonchev–Trinajstić information content (AvgIpc) is 2.13. The maximum atomic E-state index is 10.5. The first-order valence-electron chi connectivity index (χ1n) is 4.54. The number of carbonyl (C=O) groups is 1. The third kappa shape index (κ3) is 3.16. The summed E-state index contributed by atoms with van der Waals surface area (Å²) in [6, 6.07) is 3.96. The SMILES string of the molecule is COc1c(C)cc(C)cc1SCC(=O)O. The molecule has 0 bridgehead atoms. The molecule has 1 N–H and O–H groups in total. The highest BCUT2D eigenvalue weighted by atomic mass is 32.2. The lowest BCUT2D eigenvalue weighted by Gasteiger charge is -2.11. The molecule has 0 saturated carbocycles. The van der Waals surface area contributed by atoms with Gasteiger partial charge in [0.1, 0.15) is 5.75 Å². The highest BCUT2D eigenvalue weighted by Crippen LogP contribution is 2.33. The van der Waals surface area contributed by atoms with Crippen molar-refractivity contribution in [2.75, 3.05) is 12.9 Å². The van der Waals surface area contributed by atoms with Crippen LogP contribution in [0.5, 0.6) is 5.75 Å². The van der Waals surface area contributed by atoms with Crippen LogP contribution in [0.2, 0.25) is 0 Å². The lowest BCUT2D eigenvalue weighted by atomic mass is 10.1. The standard InChI is InChI=1S/C11H14O3S/c1-7-4-8(2)11(14-3)9(5-7)15-6-10(12)13/h4-5H,6H2,1-3H3,(H,12,13). The summed E-state index contributed by atoms with van der Waals surface area (Å²) in [5.41, 5.74) is 2.14. The van der Waals surface area contributed by atoms with Crippen molar-refractivity contribution in [3.63, 3.8) is 0 Å². The van der Waals surface area contributed by atoms with E-state index in [4.69, 9.17) is 9.84 Å². The Labute approximate surface area is 93.4 Å². The maximum absolute atomic E-state index is 10.5. The number of hydrogen-bond acceptors (Lipinski definition) is 3. The van der Waals surface area contributed by atoms with Gasteiger partial charge in [-0.05, 0) is 31.0 Å². The van der Waals surface area contributed by atoms with E-state index in [0.717, 1.165) is 21.8 Å². The fourth-order valence-electron chi connectivity index (χ4n) is 1.42. The van der Waals surface area contributed by atoms with Crippen molar-refractivity contribution in [3.05, 3.63) is 23.3 Å². The molecule has 1 aromatic carbocycles. The number of carboxylic acid groups (broad SMARTS) is 1. The van der Waals surface area contributed by atoms with E-state index in [0.29, 0.717) is 0 Å². The van der Waals surface area contributed by atoms with Crippen LogP contribution in [0.15, 0.2) is 17.0 Å². The monoisotopic (exact) mass is 226 g/mol. The second kappa shape index (κ2) is 5.07. The summed E-state index contributed by atoms with van der Waals surface area (Å²) in [5.74, 6) is 0.00672. The first kappa shape index (κ1) is 11.9. The average molecular weight is 226 g/mol. The number of carboxylic acids is 1. The van der Waals surface area contributed by atoms with E-state index in [1.807, 2.05) is 26.0 Å². The summed E-state index contributed by atoms with van der Waals surface area (Å²) in [4.78, 5) is 11.4. The molecule has 3 nitrogen and oxygen atoms in total. The van der Waals surface area contributed by atoms with Crippen LogP contribution in [0.3, 0.4) is 0 Å². The normalized spacial score (nSPS) is 10.1. The summed E-state index contributed by atoms with van der Waals surface area (Å²) >= 11 is 1.28. The van der Waals surface area contributed by atoms with Gasteiger partial charge in [0.25, 0.3) is 0 Å². The van der Waals surface area contributed by atoms with Crippen LogP contribution < -0.4 is 4.74 Å². The Morgan fingerprint density at radius 2 is 2.13 bits per heavy atom. The fraction of sp³-hybridized carbons (Fsp3) is 0.364. The van der Waals surface area contributed by atoms with Crippen molar-refractivity contribution in [1.29, 1.82) is 0 Å². The molecule has 0 spiro atoms. The van der Waals surface area contributed by atoms with Gasteiger partial charge >= 0.3 is 5.97 Å². The van der Waals surface area contributed by atoms with Gasteiger partial charge in [0.05, 0.1) is 17.8 Å². The molecule has 82 valence electrons. The van der Waals surface area contributed by atoms with Crippen LogP contribution in [0.25, 0.3) is 0 Å². The molecule has 0 aliphatic heterocycles. The predicted octanol–water partition coefficient (Wildman–Crippen LogP) is 2.49. The van der Waals surface area contributed by atoms with Gasteiger partial charge in [-0.15, -0.1) is 11.8 Å². The Morgan fingerprint density at radius 1 is 1.47 bits per heavy atom. The van der Waals surface area contributed by atoms with E-state index in [-0.39, 0.29) is 5.75 Å². The van der Waals surface area contributed by atoms with Crippen LogP contribution >= 0.6 is 11.8 Å². The van der Waals surface area contributed by atoms with E-state index in [1.54, 1.807) is 7.11 Å². The Balaban J connectivity index is 2.98. The van der Waals surface area contributed by atoms with E-state index in [9.17, 15) is 4.79 Å². The van der Waals surface area contributed by atoms with Crippen molar-refractivity contribution < 1.29 is 14.6 Å². The zero-order valence-electron chi connectivity index (χ0n) is 9.03.